The third-order valence-electron chi connectivity index (χ3n) is 3.26. The normalized spacial score (nSPS) is 13.8. The molecule has 1 aliphatic rings. The fourth-order valence-corrected chi connectivity index (χ4v) is 3.35. The van der Waals surface area contributed by atoms with Crippen LogP contribution in [0.4, 0.5) is 0 Å². The van der Waals surface area contributed by atoms with Crippen molar-refractivity contribution in [1.82, 2.24) is 0 Å². The van der Waals surface area contributed by atoms with E-state index in [0.29, 0.717) is 4.47 Å². The molecule has 2 aromatic carbocycles. The highest BCUT2D eigenvalue weighted by Gasteiger charge is 2.32. The van der Waals surface area contributed by atoms with Gasteiger partial charge in [-0.15, -0.1) is 0 Å². The van der Waals surface area contributed by atoms with Crippen LogP contribution in [0.25, 0.3) is 0 Å². The molecule has 0 bridgehead atoms. The maximum Gasteiger partial charge on any atom is 0.294 e. The first-order chi connectivity index (χ1) is 9.80. The Morgan fingerprint density at radius 2 is 1.62 bits per heavy atom. The monoisotopic (exact) mass is 366 g/mol. The van der Waals surface area contributed by atoms with Crippen LogP contribution < -0.4 is 0 Å². The van der Waals surface area contributed by atoms with Crippen molar-refractivity contribution in [3.63, 3.8) is 0 Å². The highest BCUT2D eigenvalue weighted by atomic mass is 79.9. The summed E-state index contributed by atoms with van der Waals surface area (Å²) >= 11 is 3.24. The number of carbonyl (C=O) groups is 2. The lowest BCUT2D eigenvalue weighted by Crippen LogP contribution is -2.22. The molecule has 0 aliphatic heterocycles. The number of hydrogen-bond donors (Lipinski definition) is 1. The summed E-state index contributed by atoms with van der Waals surface area (Å²) in [5, 5.41) is 0. The zero-order valence-electron chi connectivity index (χ0n) is 10.3. The van der Waals surface area contributed by atoms with Gasteiger partial charge in [0.15, 0.2) is 11.6 Å². The smallest absolute Gasteiger partial charge is 0.289 e. The van der Waals surface area contributed by atoms with E-state index < -0.39 is 20.8 Å². The molecule has 0 spiro atoms. The predicted molar refractivity (Wildman–Crippen MR) is 77.3 cm³/mol. The van der Waals surface area contributed by atoms with Gasteiger partial charge in [-0.25, -0.2) is 0 Å². The molecule has 3 rings (SSSR count). The van der Waals surface area contributed by atoms with Crippen molar-refractivity contribution in [3.8, 4) is 0 Å². The van der Waals surface area contributed by atoms with E-state index in [1.807, 2.05) is 0 Å². The summed E-state index contributed by atoms with van der Waals surface area (Å²) in [5.41, 5.74) is 0.552. The zero-order valence-corrected chi connectivity index (χ0v) is 12.7. The van der Waals surface area contributed by atoms with E-state index >= 15 is 0 Å². The van der Waals surface area contributed by atoms with Gasteiger partial charge in [0.25, 0.3) is 10.1 Å². The van der Waals surface area contributed by atoms with Crippen LogP contribution in [-0.4, -0.2) is 24.5 Å². The minimum absolute atomic E-state index is 0.0271. The fraction of sp³-hybridized carbons (Fsp3) is 0. The Bertz CT molecular complexity index is 915. The Morgan fingerprint density at radius 1 is 0.905 bits per heavy atom. The molecule has 0 fully saturated rings. The lowest BCUT2D eigenvalue weighted by molar-refractivity contribution is 0.0978. The Kier molecular flexibility index (Phi) is 3.09. The molecule has 0 saturated heterocycles. The summed E-state index contributed by atoms with van der Waals surface area (Å²) in [7, 11) is -4.44. The standard InChI is InChI=1S/C14H7BrO5S/c15-11-3-1-2-9-12(11)14(17)8-5-4-7(21(18,19)20)6-10(8)13(9)16/h1-6H,(H,18,19,20). The van der Waals surface area contributed by atoms with Crippen molar-refractivity contribution in [3.05, 3.63) is 63.1 Å². The van der Waals surface area contributed by atoms with E-state index in [4.69, 9.17) is 4.55 Å². The third-order valence-corrected chi connectivity index (χ3v) is 4.77. The van der Waals surface area contributed by atoms with Crippen molar-refractivity contribution < 1.29 is 22.6 Å². The minimum Gasteiger partial charge on any atom is -0.289 e. The van der Waals surface area contributed by atoms with E-state index in [2.05, 4.69) is 15.9 Å². The molecule has 2 aromatic rings. The molecule has 0 heterocycles. The second-order valence-corrected chi connectivity index (χ2v) is 6.78. The third kappa shape index (κ3) is 2.14. The van der Waals surface area contributed by atoms with Gasteiger partial charge in [-0.2, -0.15) is 8.42 Å². The highest BCUT2D eigenvalue weighted by Crippen LogP contribution is 2.32. The van der Waals surface area contributed by atoms with Crippen LogP contribution >= 0.6 is 15.9 Å². The van der Waals surface area contributed by atoms with Gasteiger partial charge in [0, 0.05) is 26.7 Å². The summed E-state index contributed by atoms with van der Waals surface area (Å²) in [4.78, 5) is 24.5. The van der Waals surface area contributed by atoms with Gasteiger partial charge in [-0.1, -0.05) is 28.1 Å². The largest absolute Gasteiger partial charge is 0.294 e. The van der Waals surface area contributed by atoms with Crippen LogP contribution in [0.15, 0.2) is 45.8 Å². The second-order valence-electron chi connectivity index (χ2n) is 4.50. The molecular weight excluding hydrogens is 360 g/mol. The SMILES string of the molecule is O=C1c2cc(S(=O)(=O)O)ccc2C(=O)c2c(Br)cccc21. The van der Waals surface area contributed by atoms with Gasteiger partial charge in [-0.05, 0) is 24.3 Å². The Labute approximate surface area is 128 Å². The van der Waals surface area contributed by atoms with Gasteiger partial charge in [0.2, 0.25) is 0 Å². The van der Waals surface area contributed by atoms with Crippen molar-refractivity contribution in [2.24, 2.45) is 0 Å². The second kappa shape index (κ2) is 4.59. The molecular formula is C14H7BrO5S. The number of fused-ring (bicyclic) bond motifs is 2. The van der Waals surface area contributed by atoms with Gasteiger partial charge in [0.05, 0.1) is 4.90 Å². The molecule has 0 aromatic heterocycles. The predicted octanol–water partition coefficient (Wildman–Crippen LogP) is 2.47. The van der Waals surface area contributed by atoms with E-state index in [0.717, 1.165) is 12.1 Å². The first-order valence-corrected chi connectivity index (χ1v) is 8.03. The van der Waals surface area contributed by atoms with Crippen LogP contribution in [0.2, 0.25) is 0 Å². The lowest BCUT2D eigenvalue weighted by Gasteiger charge is -2.18. The van der Waals surface area contributed by atoms with E-state index in [9.17, 15) is 18.0 Å². The van der Waals surface area contributed by atoms with Crippen LogP contribution in [-0.2, 0) is 10.1 Å². The van der Waals surface area contributed by atoms with Crippen molar-refractivity contribution in [2.75, 3.05) is 0 Å². The fourth-order valence-electron chi connectivity index (χ4n) is 2.29. The van der Waals surface area contributed by atoms with Gasteiger partial charge < -0.3 is 0 Å². The molecule has 0 saturated carbocycles. The van der Waals surface area contributed by atoms with Gasteiger partial charge in [0.1, 0.15) is 0 Å². The van der Waals surface area contributed by atoms with E-state index in [-0.39, 0.29) is 28.0 Å². The topological polar surface area (TPSA) is 88.5 Å². The van der Waals surface area contributed by atoms with Crippen molar-refractivity contribution >= 4 is 37.6 Å². The lowest BCUT2D eigenvalue weighted by atomic mass is 9.84. The maximum absolute atomic E-state index is 12.4. The van der Waals surface area contributed by atoms with Crippen LogP contribution in [0.5, 0.6) is 0 Å². The number of halogens is 1. The van der Waals surface area contributed by atoms with Gasteiger partial charge >= 0.3 is 0 Å². The number of rotatable bonds is 1. The summed E-state index contributed by atoms with van der Waals surface area (Å²) < 4.78 is 31.9. The molecule has 0 radical (unpaired) electrons. The Balaban J connectivity index is 2.31. The molecule has 7 heteroatoms. The molecule has 21 heavy (non-hydrogen) atoms. The number of carbonyl (C=O) groups excluding carboxylic acids is 2. The van der Waals surface area contributed by atoms with Gasteiger partial charge in [-0.3, -0.25) is 14.1 Å². The van der Waals surface area contributed by atoms with E-state index in [1.54, 1.807) is 12.1 Å². The average molecular weight is 367 g/mol. The maximum atomic E-state index is 12.4. The van der Waals surface area contributed by atoms with Crippen molar-refractivity contribution in [2.45, 2.75) is 4.90 Å². The highest BCUT2D eigenvalue weighted by molar-refractivity contribution is 9.10. The Morgan fingerprint density at radius 3 is 2.29 bits per heavy atom. The summed E-state index contributed by atoms with van der Waals surface area (Å²) in [6.07, 6.45) is 0. The molecule has 1 aliphatic carbocycles. The Hall–Kier alpha value is -1.83. The summed E-state index contributed by atoms with van der Waals surface area (Å²) in [6.45, 7) is 0. The summed E-state index contributed by atoms with van der Waals surface area (Å²) in [6, 6.07) is 8.13. The molecule has 5 nitrogen and oxygen atoms in total. The number of hydrogen-bond acceptors (Lipinski definition) is 4. The van der Waals surface area contributed by atoms with Crippen LogP contribution in [0.1, 0.15) is 31.8 Å². The average Bonchev–Trinajstić information content (AvgIpc) is 2.43. The van der Waals surface area contributed by atoms with E-state index in [1.165, 1.54) is 12.1 Å². The molecule has 0 atom stereocenters. The molecule has 0 unspecified atom stereocenters. The first kappa shape index (κ1) is 14.1. The van der Waals surface area contributed by atoms with Crippen LogP contribution in [0, 0.1) is 0 Å². The summed E-state index contributed by atoms with van der Waals surface area (Å²) in [5.74, 6) is -0.819. The van der Waals surface area contributed by atoms with Crippen LogP contribution in [0.3, 0.4) is 0 Å². The van der Waals surface area contributed by atoms with Crippen molar-refractivity contribution in [1.29, 1.82) is 0 Å². The first-order valence-electron chi connectivity index (χ1n) is 5.80. The molecule has 106 valence electrons. The minimum atomic E-state index is -4.44. The molecule has 1 N–H and O–H groups in total. The quantitative estimate of drug-likeness (QED) is 0.668. The number of ketones is 2. The zero-order chi connectivity index (χ0) is 15.4. The number of benzene rings is 2. The molecule has 0 amide bonds.